The van der Waals surface area contributed by atoms with Crippen LogP contribution in [-0.2, 0) is 17.8 Å². The summed E-state index contributed by atoms with van der Waals surface area (Å²) in [6.45, 7) is 0.809. The molecule has 1 aliphatic heterocycles. The van der Waals surface area contributed by atoms with Crippen molar-refractivity contribution >= 4 is 11.4 Å². The second kappa shape index (κ2) is 8.13. The van der Waals surface area contributed by atoms with Gasteiger partial charge in [-0.2, -0.15) is 10.4 Å². The van der Waals surface area contributed by atoms with E-state index in [0.29, 0.717) is 37.9 Å². The second-order valence-corrected chi connectivity index (χ2v) is 7.82. The average Bonchev–Trinajstić information content (AvgIpc) is 3.24. The summed E-state index contributed by atoms with van der Waals surface area (Å²) in [7, 11) is 0. The molecule has 154 valence electrons. The topological polar surface area (TPSA) is 104 Å². The Labute approximate surface area is 173 Å². The number of fused-ring (bicyclic) bond motifs is 1. The largest absolute Gasteiger partial charge is 0.388 e. The monoisotopic (exact) mass is 405 g/mol. The number of hydrogen-bond donors (Lipinski definition) is 1. The van der Waals surface area contributed by atoms with E-state index >= 15 is 0 Å². The summed E-state index contributed by atoms with van der Waals surface area (Å²) >= 11 is 0. The van der Waals surface area contributed by atoms with Gasteiger partial charge in [-0.3, -0.25) is 14.2 Å². The quantitative estimate of drug-likeness (QED) is 0.688. The lowest BCUT2D eigenvalue weighted by molar-refractivity contribution is -0.138. The highest BCUT2D eigenvalue weighted by atomic mass is 16.3. The number of carbonyl (C=O) groups excluding carboxylic acids is 1. The molecule has 1 atom stereocenters. The Kier molecular flexibility index (Phi) is 5.38. The van der Waals surface area contributed by atoms with Crippen molar-refractivity contribution in [1.82, 2.24) is 19.1 Å². The highest BCUT2D eigenvalue weighted by Crippen LogP contribution is 2.25. The van der Waals surface area contributed by atoms with Gasteiger partial charge in [0.15, 0.2) is 0 Å². The van der Waals surface area contributed by atoms with Gasteiger partial charge in [0.05, 0.1) is 18.2 Å². The van der Waals surface area contributed by atoms with Crippen LogP contribution >= 0.6 is 0 Å². The normalized spacial score (nSPS) is 16.9. The maximum absolute atomic E-state index is 12.8. The molecule has 4 rings (SSSR count). The first-order chi connectivity index (χ1) is 14.5. The summed E-state index contributed by atoms with van der Waals surface area (Å²) in [5, 5.41) is 24.7. The van der Waals surface area contributed by atoms with Gasteiger partial charge in [0.1, 0.15) is 17.8 Å². The summed E-state index contributed by atoms with van der Waals surface area (Å²) in [6, 6.07) is 15.0. The number of aliphatic hydroxyl groups is 1. The fraction of sp³-hybridized carbons (Fsp3) is 0.364. The van der Waals surface area contributed by atoms with Crippen molar-refractivity contribution in [3.05, 3.63) is 70.9 Å². The molecule has 3 aromatic rings. The van der Waals surface area contributed by atoms with Crippen LogP contribution in [-0.4, -0.2) is 48.8 Å². The fourth-order valence-electron chi connectivity index (χ4n) is 3.95. The summed E-state index contributed by atoms with van der Waals surface area (Å²) in [6.07, 6.45) is 4.16. The molecule has 1 saturated heterocycles. The Morgan fingerprint density at radius 1 is 1.20 bits per heavy atom. The molecule has 8 nitrogen and oxygen atoms in total. The number of nitrogens with zero attached hydrogens (tertiary/aromatic N) is 5. The standard InChI is InChI=1S/C22H23N5O3/c23-14-18(13-17-5-2-1-3-6-17)20(28)25-11-8-22(30,9-12-25)15-26-16-24-27-10-4-7-19(27)21(26)29/h1-7,10,16,18,30H,8-9,11-13,15H2. The Morgan fingerprint density at radius 3 is 2.63 bits per heavy atom. The molecule has 0 aliphatic carbocycles. The molecule has 2 aromatic heterocycles. The molecule has 8 heteroatoms. The first-order valence-electron chi connectivity index (χ1n) is 9.97. The molecule has 1 N–H and O–H groups in total. The smallest absolute Gasteiger partial charge is 0.277 e. The first kappa shape index (κ1) is 19.9. The SMILES string of the molecule is N#CC(Cc1ccccc1)C(=O)N1CCC(O)(Cn2cnn3cccc3c2=O)CC1. The van der Waals surface area contributed by atoms with E-state index in [9.17, 15) is 20.0 Å². The number of likely N-dealkylation sites (tertiary alicyclic amines) is 1. The van der Waals surface area contributed by atoms with E-state index in [1.54, 1.807) is 23.2 Å². The summed E-state index contributed by atoms with van der Waals surface area (Å²) in [5.41, 5.74) is 0.0776. The first-order valence-corrected chi connectivity index (χ1v) is 9.97. The molecule has 30 heavy (non-hydrogen) atoms. The van der Waals surface area contributed by atoms with Crippen LogP contribution in [0.1, 0.15) is 18.4 Å². The van der Waals surface area contributed by atoms with Gasteiger partial charge in [-0.1, -0.05) is 30.3 Å². The molecule has 1 amide bonds. The number of benzene rings is 1. The third-order valence-corrected chi connectivity index (χ3v) is 5.73. The maximum atomic E-state index is 12.8. The minimum atomic E-state index is -1.10. The number of amides is 1. The minimum absolute atomic E-state index is 0.119. The Hall–Kier alpha value is -3.44. The van der Waals surface area contributed by atoms with E-state index in [1.165, 1.54) is 15.4 Å². The van der Waals surface area contributed by atoms with Gasteiger partial charge >= 0.3 is 0 Å². The molecule has 0 bridgehead atoms. The van der Waals surface area contributed by atoms with Crippen LogP contribution in [0.2, 0.25) is 0 Å². The van der Waals surface area contributed by atoms with Gasteiger partial charge in [0.25, 0.3) is 5.56 Å². The van der Waals surface area contributed by atoms with Crippen LogP contribution in [0.4, 0.5) is 0 Å². The lowest BCUT2D eigenvalue weighted by atomic mass is 9.90. The van der Waals surface area contributed by atoms with Gasteiger partial charge in [0, 0.05) is 19.3 Å². The molecule has 0 radical (unpaired) electrons. The zero-order chi connectivity index (χ0) is 21.1. The van der Waals surface area contributed by atoms with Crippen molar-refractivity contribution in [3.8, 4) is 6.07 Å². The molecule has 0 saturated carbocycles. The lowest BCUT2D eigenvalue weighted by Gasteiger charge is -2.39. The molecular weight excluding hydrogens is 382 g/mol. The Morgan fingerprint density at radius 2 is 1.93 bits per heavy atom. The molecule has 1 aromatic carbocycles. The molecule has 1 unspecified atom stereocenters. The van der Waals surface area contributed by atoms with Gasteiger partial charge in [-0.05, 0) is 37.0 Å². The van der Waals surface area contributed by atoms with E-state index in [0.717, 1.165) is 5.56 Å². The van der Waals surface area contributed by atoms with E-state index < -0.39 is 11.5 Å². The maximum Gasteiger partial charge on any atom is 0.277 e. The predicted molar refractivity (Wildman–Crippen MR) is 109 cm³/mol. The van der Waals surface area contributed by atoms with Crippen molar-refractivity contribution in [2.45, 2.75) is 31.4 Å². The predicted octanol–water partition coefficient (Wildman–Crippen LogP) is 1.23. The number of carbonyl (C=O) groups is 1. The summed E-state index contributed by atoms with van der Waals surface area (Å²) in [4.78, 5) is 27.0. The van der Waals surface area contributed by atoms with Crippen molar-refractivity contribution < 1.29 is 9.90 Å². The molecule has 1 fully saturated rings. The van der Waals surface area contributed by atoms with Crippen LogP contribution in [0.25, 0.3) is 5.52 Å². The van der Waals surface area contributed by atoms with Gasteiger partial charge in [0.2, 0.25) is 5.91 Å². The van der Waals surface area contributed by atoms with Crippen LogP contribution in [0.15, 0.2) is 59.8 Å². The number of hydrogen-bond acceptors (Lipinski definition) is 5. The third kappa shape index (κ3) is 3.98. The zero-order valence-corrected chi connectivity index (χ0v) is 16.5. The van der Waals surface area contributed by atoms with Gasteiger partial charge in [-0.15, -0.1) is 0 Å². The van der Waals surface area contributed by atoms with Crippen molar-refractivity contribution in [2.24, 2.45) is 5.92 Å². The van der Waals surface area contributed by atoms with E-state index in [-0.39, 0.29) is 18.0 Å². The van der Waals surface area contributed by atoms with E-state index in [2.05, 4.69) is 11.2 Å². The number of piperidine rings is 1. The van der Waals surface area contributed by atoms with Crippen LogP contribution < -0.4 is 5.56 Å². The van der Waals surface area contributed by atoms with Crippen LogP contribution in [0, 0.1) is 17.2 Å². The second-order valence-electron chi connectivity index (χ2n) is 7.82. The molecular formula is C22H23N5O3. The average molecular weight is 405 g/mol. The molecule has 3 heterocycles. The summed E-state index contributed by atoms with van der Waals surface area (Å²) in [5.74, 6) is -0.959. The van der Waals surface area contributed by atoms with Crippen LogP contribution in [0.3, 0.4) is 0 Å². The van der Waals surface area contributed by atoms with Crippen molar-refractivity contribution in [1.29, 1.82) is 5.26 Å². The Balaban J connectivity index is 1.40. The lowest BCUT2D eigenvalue weighted by Crippen LogP contribution is -2.51. The van der Waals surface area contributed by atoms with Crippen molar-refractivity contribution in [2.75, 3.05) is 13.1 Å². The molecule has 1 aliphatic rings. The van der Waals surface area contributed by atoms with Gasteiger partial charge < -0.3 is 10.0 Å². The highest BCUT2D eigenvalue weighted by molar-refractivity contribution is 5.81. The van der Waals surface area contributed by atoms with Crippen LogP contribution in [0.5, 0.6) is 0 Å². The van der Waals surface area contributed by atoms with E-state index in [1.807, 2.05) is 30.3 Å². The number of nitriles is 1. The Bertz CT molecular complexity index is 1140. The third-order valence-electron chi connectivity index (χ3n) is 5.73. The fourth-order valence-corrected chi connectivity index (χ4v) is 3.95. The number of aromatic nitrogens is 3. The van der Waals surface area contributed by atoms with Crippen molar-refractivity contribution in [3.63, 3.8) is 0 Å². The van der Waals surface area contributed by atoms with E-state index in [4.69, 9.17) is 0 Å². The number of rotatable bonds is 5. The summed E-state index contributed by atoms with van der Waals surface area (Å²) < 4.78 is 2.92. The minimum Gasteiger partial charge on any atom is -0.388 e. The zero-order valence-electron chi connectivity index (χ0n) is 16.5. The highest BCUT2D eigenvalue weighted by Gasteiger charge is 2.36. The van der Waals surface area contributed by atoms with Gasteiger partial charge in [-0.25, -0.2) is 4.52 Å². The molecule has 0 spiro atoms.